The van der Waals surface area contributed by atoms with Crippen molar-refractivity contribution in [3.05, 3.63) is 47.9 Å². The Labute approximate surface area is 124 Å². The summed E-state index contributed by atoms with van der Waals surface area (Å²) in [6, 6.07) is 11.7. The molecule has 1 unspecified atom stereocenters. The van der Waals surface area contributed by atoms with Gasteiger partial charge in [-0.1, -0.05) is 19.1 Å². The van der Waals surface area contributed by atoms with Crippen molar-refractivity contribution in [3.8, 4) is 11.8 Å². The first-order valence-corrected chi connectivity index (χ1v) is 6.89. The summed E-state index contributed by atoms with van der Waals surface area (Å²) in [6.07, 6.45) is 1.80. The van der Waals surface area contributed by atoms with E-state index >= 15 is 0 Å². The average molecular weight is 282 g/mol. The Balaban J connectivity index is 1.99. The van der Waals surface area contributed by atoms with Gasteiger partial charge in [-0.3, -0.25) is 0 Å². The molecular formula is C16H18N4O. The lowest BCUT2D eigenvalue weighted by molar-refractivity contribution is 0.251. The number of nitriles is 1. The number of nitrogens with zero attached hydrogens (tertiary/aromatic N) is 3. The number of nitrogens with one attached hydrogen (secondary N) is 1. The Kier molecular flexibility index (Phi) is 5.10. The van der Waals surface area contributed by atoms with Gasteiger partial charge in [-0.2, -0.15) is 5.26 Å². The van der Waals surface area contributed by atoms with Crippen molar-refractivity contribution >= 4 is 5.82 Å². The van der Waals surface area contributed by atoms with Crippen LogP contribution in [0.3, 0.4) is 0 Å². The third kappa shape index (κ3) is 4.46. The topological polar surface area (TPSA) is 70.8 Å². The maximum Gasteiger partial charge on any atom is 0.184 e. The molecule has 0 saturated heterocycles. The third-order valence-electron chi connectivity index (χ3n) is 2.97. The highest BCUT2D eigenvalue weighted by Crippen LogP contribution is 2.16. The number of anilines is 1. The molecule has 0 spiro atoms. The zero-order valence-electron chi connectivity index (χ0n) is 12.2. The molecule has 0 aliphatic rings. The van der Waals surface area contributed by atoms with E-state index in [0.717, 1.165) is 17.1 Å². The third-order valence-corrected chi connectivity index (χ3v) is 2.97. The van der Waals surface area contributed by atoms with Gasteiger partial charge >= 0.3 is 0 Å². The highest BCUT2D eigenvalue weighted by molar-refractivity contribution is 5.37. The monoisotopic (exact) mass is 282 g/mol. The van der Waals surface area contributed by atoms with Crippen LogP contribution in [0, 0.1) is 18.3 Å². The van der Waals surface area contributed by atoms with Crippen molar-refractivity contribution in [2.45, 2.75) is 32.9 Å². The van der Waals surface area contributed by atoms with Crippen molar-refractivity contribution in [2.75, 3.05) is 5.32 Å². The van der Waals surface area contributed by atoms with Gasteiger partial charge in [0.1, 0.15) is 24.0 Å². The van der Waals surface area contributed by atoms with Crippen LogP contribution in [-0.4, -0.2) is 16.1 Å². The molecule has 0 fully saturated rings. The maximum absolute atomic E-state index is 8.93. The van der Waals surface area contributed by atoms with E-state index in [0.29, 0.717) is 18.7 Å². The van der Waals surface area contributed by atoms with Crippen LogP contribution in [0.1, 0.15) is 24.6 Å². The fraction of sp³-hybridized carbons (Fsp3) is 0.312. The molecule has 1 N–H and O–H groups in total. The number of hydrogen-bond acceptors (Lipinski definition) is 5. The molecule has 5 heteroatoms. The Bertz CT molecular complexity index is 636. The number of rotatable bonds is 6. The minimum atomic E-state index is -0.405. The van der Waals surface area contributed by atoms with Crippen LogP contribution in [0.5, 0.6) is 5.75 Å². The summed E-state index contributed by atoms with van der Waals surface area (Å²) in [4.78, 5) is 8.21. The second-order valence-electron chi connectivity index (χ2n) is 4.69. The number of ether oxygens (including phenoxy) is 1. The molecule has 2 aromatic rings. The number of hydrogen-bond donors (Lipinski definition) is 1. The molecule has 0 radical (unpaired) electrons. The summed E-state index contributed by atoms with van der Waals surface area (Å²) in [5, 5.41) is 12.2. The fourth-order valence-corrected chi connectivity index (χ4v) is 1.84. The van der Waals surface area contributed by atoms with E-state index in [1.54, 1.807) is 0 Å². The lowest BCUT2D eigenvalue weighted by Gasteiger charge is -2.12. The Morgan fingerprint density at radius 1 is 1.33 bits per heavy atom. The molecule has 108 valence electrons. The molecule has 0 bridgehead atoms. The Morgan fingerprint density at radius 3 is 2.90 bits per heavy atom. The summed E-state index contributed by atoms with van der Waals surface area (Å²) in [6.45, 7) is 4.49. The van der Waals surface area contributed by atoms with Crippen LogP contribution >= 0.6 is 0 Å². The van der Waals surface area contributed by atoms with Gasteiger partial charge < -0.3 is 10.1 Å². The van der Waals surface area contributed by atoms with Gasteiger partial charge in [-0.05, 0) is 31.0 Å². The van der Waals surface area contributed by atoms with Crippen molar-refractivity contribution in [3.63, 3.8) is 0 Å². The van der Waals surface area contributed by atoms with Gasteiger partial charge in [0.25, 0.3) is 0 Å². The van der Waals surface area contributed by atoms with Crippen LogP contribution in [0.25, 0.3) is 0 Å². The van der Waals surface area contributed by atoms with Crippen molar-refractivity contribution in [1.29, 1.82) is 5.26 Å². The van der Waals surface area contributed by atoms with Crippen LogP contribution in [-0.2, 0) is 6.54 Å². The zero-order valence-corrected chi connectivity index (χ0v) is 12.2. The molecule has 1 atom stereocenters. The molecule has 0 aliphatic carbocycles. The minimum Gasteiger partial charge on any atom is -0.476 e. The van der Waals surface area contributed by atoms with Gasteiger partial charge in [0.05, 0.1) is 0 Å². The Morgan fingerprint density at radius 2 is 2.19 bits per heavy atom. The standard InChI is InChI=1S/C16H18N4O/c1-3-14(9-17)21-15-6-4-5-13(8-15)10-18-16-7-12(2)19-11-20-16/h4-8,11,14H,3,10H2,1-2H3,(H,18,19,20). The SMILES string of the molecule is CCC(C#N)Oc1cccc(CNc2cc(C)ncn2)c1. The van der Waals surface area contributed by atoms with Gasteiger partial charge in [0.15, 0.2) is 6.10 Å². The van der Waals surface area contributed by atoms with E-state index in [1.165, 1.54) is 6.33 Å². The number of benzene rings is 1. The van der Waals surface area contributed by atoms with Gasteiger partial charge in [-0.15, -0.1) is 0 Å². The van der Waals surface area contributed by atoms with Crippen molar-refractivity contribution in [1.82, 2.24) is 9.97 Å². The van der Waals surface area contributed by atoms with Crippen molar-refractivity contribution in [2.24, 2.45) is 0 Å². The van der Waals surface area contributed by atoms with Crippen LogP contribution in [0.4, 0.5) is 5.82 Å². The molecule has 21 heavy (non-hydrogen) atoms. The second kappa shape index (κ2) is 7.25. The summed E-state index contributed by atoms with van der Waals surface area (Å²) >= 11 is 0. The molecule has 0 saturated carbocycles. The molecule has 0 amide bonds. The molecular weight excluding hydrogens is 264 g/mol. The first kappa shape index (κ1) is 14.8. The Hall–Kier alpha value is -2.61. The van der Waals surface area contributed by atoms with E-state index in [1.807, 2.05) is 44.2 Å². The smallest absolute Gasteiger partial charge is 0.184 e. The summed E-state index contributed by atoms with van der Waals surface area (Å²) in [5.74, 6) is 1.50. The second-order valence-corrected chi connectivity index (χ2v) is 4.69. The largest absolute Gasteiger partial charge is 0.476 e. The van der Waals surface area contributed by atoms with Gasteiger partial charge in [0, 0.05) is 18.3 Å². The van der Waals surface area contributed by atoms with E-state index in [-0.39, 0.29) is 0 Å². The first-order chi connectivity index (χ1) is 10.2. The van der Waals surface area contributed by atoms with Crippen LogP contribution in [0.2, 0.25) is 0 Å². The summed E-state index contributed by atoms with van der Waals surface area (Å²) in [7, 11) is 0. The highest BCUT2D eigenvalue weighted by Gasteiger charge is 2.06. The summed E-state index contributed by atoms with van der Waals surface area (Å²) < 4.78 is 5.61. The van der Waals surface area contributed by atoms with Crippen LogP contribution in [0.15, 0.2) is 36.7 Å². The number of aryl methyl sites for hydroxylation is 1. The molecule has 1 heterocycles. The lowest BCUT2D eigenvalue weighted by Crippen LogP contribution is -2.12. The van der Waals surface area contributed by atoms with E-state index < -0.39 is 6.10 Å². The van der Waals surface area contributed by atoms with Gasteiger partial charge in [0.2, 0.25) is 0 Å². The average Bonchev–Trinajstić information content (AvgIpc) is 2.51. The molecule has 1 aromatic carbocycles. The highest BCUT2D eigenvalue weighted by atomic mass is 16.5. The molecule has 1 aromatic heterocycles. The predicted molar refractivity (Wildman–Crippen MR) is 80.9 cm³/mol. The fourth-order valence-electron chi connectivity index (χ4n) is 1.84. The molecule has 0 aliphatic heterocycles. The maximum atomic E-state index is 8.93. The van der Waals surface area contributed by atoms with E-state index in [9.17, 15) is 0 Å². The molecule has 5 nitrogen and oxygen atoms in total. The normalized spacial score (nSPS) is 11.5. The first-order valence-electron chi connectivity index (χ1n) is 6.89. The zero-order chi connectivity index (χ0) is 15.1. The van der Waals surface area contributed by atoms with E-state index in [2.05, 4.69) is 21.4 Å². The lowest BCUT2D eigenvalue weighted by atomic mass is 10.2. The van der Waals surface area contributed by atoms with Crippen molar-refractivity contribution < 1.29 is 4.74 Å². The quantitative estimate of drug-likeness (QED) is 0.881. The predicted octanol–water partition coefficient (Wildman–Crippen LogP) is 3.08. The van der Waals surface area contributed by atoms with E-state index in [4.69, 9.17) is 10.00 Å². The number of aromatic nitrogens is 2. The molecule has 2 rings (SSSR count). The summed E-state index contributed by atoms with van der Waals surface area (Å²) in [5.41, 5.74) is 1.99. The minimum absolute atomic E-state index is 0.405. The van der Waals surface area contributed by atoms with Crippen LogP contribution < -0.4 is 10.1 Å². The van der Waals surface area contributed by atoms with Gasteiger partial charge in [-0.25, -0.2) is 9.97 Å².